The summed E-state index contributed by atoms with van der Waals surface area (Å²) in [5.74, 6) is 0.491. The minimum Gasteiger partial charge on any atom is -0.494 e. The number of amides is 2. The predicted octanol–water partition coefficient (Wildman–Crippen LogP) is 6.61. The third-order valence-electron chi connectivity index (χ3n) is 8.46. The molecule has 1 aromatic heterocycles. The van der Waals surface area contributed by atoms with E-state index in [9.17, 15) is 19.8 Å². The first kappa shape index (κ1) is 37.2. The third kappa shape index (κ3) is 11.2. The molecule has 49 heavy (non-hydrogen) atoms. The molecule has 4 rings (SSSR count). The average Bonchev–Trinajstić information content (AvgIpc) is 3.09. The van der Waals surface area contributed by atoms with Crippen LogP contribution in [0.2, 0.25) is 0 Å². The van der Waals surface area contributed by atoms with E-state index in [0.29, 0.717) is 11.4 Å². The Morgan fingerprint density at radius 3 is 1.98 bits per heavy atom. The van der Waals surface area contributed by atoms with Crippen molar-refractivity contribution in [3.8, 4) is 28.3 Å². The van der Waals surface area contributed by atoms with Gasteiger partial charge < -0.3 is 25.6 Å². The van der Waals surface area contributed by atoms with E-state index in [4.69, 9.17) is 4.74 Å². The Morgan fingerprint density at radius 1 is 0.776 bits per heavy atom. The fourth-order valence-corrected chi connectivity index (χ4v) is 5.26. The molecule has 2 atom stereocenters. The van der Waals surface area contributed by atoms with Gasteiger partial charge in [-0.05, 0) is 59.7 Å². The molecule has 0 spiro atoms. The van der Waals surface area contributed by atoms with Gasteiger partial charge in [-0.15, -0.1) is 0 Å². The monoisotopic (exact) mass is 666 g/mol. The summed E-state index contributed by atoms with van der Waals surface area (Å²) in [7, 11) is 0. The zero-order valence-electron chi connectivity index (χ0n) is 29.3. The van der Waals surface area contributed by atoms with E-state index >= 15 is 0 Å². The van der Waals surface area contributed by atoms with Crippen molar-refractivity contribution < 1.29 is 24.5 Å². The van der Waals surface area contributed by atoms with E-state index in [2.05, 4.69) is 48.3 Å². The first-order chi connectivity index (χ1) is 23.4. The lowest BCUT2D eigenvalue weighted by atomic mass is 9.86. The van der Waals surface area contributed by atoms with Gasteiger partial charge in [0.05, 0.1) is 12.6 Å². The van der Waals surface area contributed by atoms with Crippen LogP contribution in [-0.2, 0) is 16.6 Å². The van der Waals surface area contributed by atoms with E-state index in [1.807, 2.05) is 60.7 Å². The summed E-state index contributed by atoms with van der Waals surface area (Å²) < 4.78 is 5.89. The van der Waals surface area contributed by atoms with Crippen molar-refractivity contribution >= 4 is 11.8 Å². The van der Waals surface area contributed by atoms with Crippen LogP contribution < -0.4 is 15.4 Å². The molecule has 0 aliphatic rings. The van der Waals surface area contributed by atoms with E-state index in [0.717, 1.165) is 46.6 Å². The molecule has 9 nitrogen and oxygen atoms in total. The van der Waals surface area contributed by atoms with Crippen LogP contribution in [0, 0.1) is 0 Å². The zero-order chi connectivity index (χ0) is 35.4. The summed E-state index contributed by atoms with van der Waals surface area (Å²) in [5, 5.41) is 24.4. The number of ether oxygens (including phenoxy) is 1. The highest BCUT2D eigenvalue weighted by molar-refractivity contribution is 5.97. The van der Waals surface area contributed by atoms with Crippen LogP contribution >= 0.6 is 0 Å². The maximum absolute atomic E-state index is 13.2. The number of nitrogens with one attached hydrogen (secondary N) is 2. The molecule has 0 bridgehead atoms. The molecule has 4 N–H and O–H groups in total. The van der Waals surface area contributed by atoms with Crippen molar-refractivity contribution in [1.29, 1.82) is 0 Å². The number of nitrogens with zero attached hydrogens (tertiary/aromatic N) is 2. The van der Waals surface area contributed by atoms with Crippen LogP contribution in [0.25, 0.3) is 22.5 Å². The number of carbonyl (C=O) groups excluding carboxylic acids is 2. The Balaban J connectivity index is 1.40. The lowest BCUT2D eigenvalue weighted by Crippen LogP contribution is -2.52. The fraction of sp³-hybridized carbons (Fsp3) is 0.400. The van der Waals surface area contributed by atoms with Gasteiger partial charge in [0.25, 0.3) is 5.91 Å². The molecule has 9 heteroatoms. The molecule has 0 radical (unpaired) electrons. The van der Waals surface area contributed by atoms with Gasteiger partial charge in [0.2, 0.25) is 5.91 Å². The minimum absolute atomic E-state index is 0.0628. The van der Waals surface area contributed by atoms with Gasteiger partial charge >= 0.3 is 0 Å². The van der Waals surface area contributed by atoms with E-state index < -0.39 is 30.2 Å². The minimum atomic E-state index is -1.74. The van der Waals surface area contributed by atoms with Crippen LogP contribution in [0.15, 0.2) is 85.2 Å². The normalized spacial score (nSPS) is 12.7. The third-order valence-corrected chi connectivity index (χ3v) is 8.46. The maximum atomic E-state index is 13.2. The number of rotatable bonds is 16. The Hall–Kier alpha value is -4.60. The van der Waals surface area contributed by atoms with E-state index in [1.165, 1.54) is 32.6 Å². The summed E-state index contributed by atoms with van der Waals surface area (Å²) in [6.07, 6.45) is 8.05. The molecule has 0 aliphatic heterocycles. The highest BCUT2D eigenvalue weighted by Crippen LogP contribution is 2.24. The molecule has 0 aliphatic carbocycles. The SMILES string of the molecule is CCCCCCCOc1ccc(-c2cnc(-c3ccc(CC(NC(=O)c4ccc(C(C)(C)C)cc4)C(=O)NC(C)C(O)O)cc3)nc2)cc1. The van der Waals surface area contributed by atoms with Gasteiger partial charge in [-0.2, -0.15) is 0 Å². The van der Waals surface area contributed by atoms with Crippen molar-refractivity contribution in [2.24, 2.45) is 0 Å². The number of hydrogen-bond acceptors (Lipinski definition) is 7. The first-order valence-corrected chi connectivity index (χ1v) is 17.2. The first-order valence-electron chi connectivity index (χ1n) is 17.2. The van der Waals surface area contributed by atoms with Gasteiger partial charge in [-0.3, -0.25) is 9.59 Å². The van der Waals surface area contributed by atoms with Crippen LogP contribution in [0.4, 0.5) is 0 Å². The van der Waals surface area contributed by atoms with Gasteiger partial charge in [0, 0.05) is 35.5 Å². The summed E-state index contributed by atoms with van der Waals surface area (Å²) in [5.41, 5.74) is 4.94. The second kappa shape index (κ2) is 17.7. The van der Waals surface area contributed by atoms with Crippen LogP contribution in [0.1, 0.15) is 88.2 Å². The van der Waals surface area contributed by atoms with Gasteiger partial charge in [-0.25, -0.2) is 9.97 Å². The van der Waals surface area contributed by atoms with Crippen LogP contribution in [-0.4, -0.2) is 57.0 Å². The van der Waals surface area contributed by atoms with Gasteiger partial charge in [-0.1, -0.05) is 102 Å². The van der Waals surface area contributed by atoms with Gasteiger partial charge in [0.15, 0.2) is 12.1 Å². The molecule has 4 aromatic rings. The molecule has 1 heterocycles. The molecular formula is C40H50N4O5. The maximum Gasteiger partial charge on any atom is 0.251 e. The van der Waals surface area contributed by atoms with Crippen molar-refractivity contribution in [1.82, 2.24) is 20.6 Å². The van der Waals surface area contributed by atoms with Crippen molar-refractivity contribution in [2.75, 3.05) is 6.61 Å². The quantitative estimate of drug-likeness (QED) is 0.0781. The Kier molecular flexibility index (Phi) is 13.4. The smallest absolute Gasteiger partial charge is 0.251 e. The fourth-order valence-electron chi connectivity index (χ4n) is 5.26. The van der Waals surface area contributed by atoms with Crippen molar-refractivity contribution in [3.63, 3.8) is 0 Å². The van der Waals surface area contributed by atoms with Crippen LogP contribution in [0.5, 0.6) is 5.75 Å². The molecular weight excluding hydrogens is 616 g/mol. The summed E-state index contributed by atoms with van der Waals surface area (Å²) in [6.45, 7) is 10.7. The summed E-state index contributed by atoms with van der Waals surface area (Å²) >= 11 is 0. The summed E-state index contributed by atoms with van der Waals surface area (Å²) in [4.78, 5) is 35.5. The topological polar surface area (TPSA) is 134 Å². The number of aliphatic hydroxyl groups excluding tert-OH is 1. The number of carbonyl (C=O) groups is 2. The molecule has 0 fully saturated rings. The number of aliphatic hydroxyl groups is 2. The van der Waals surface area contributed by atoms with Gasteiger partial charge in [0.1, 0.15) is 11.8 Å². The Morgan fingerprint density at radius 2 is 1.39 bits per heavy atom. The second-order valence-electron chi connectivity index (χ2n) is 13.5. The summed E-state index contributed by atoms with van der Waals surface area (Å²) in [6, 6.07) is 20.9. The molecule has 0 saturated heterocycles. The predicted molar refractivity (Wildman–Crippen MR) is 193 cm³/mol. The molecule has 2 amide bonds. The number of hydrogen-bond donors (Lipinski definition) is 4. The standard InChI is InChI=1S/C40H50N4O5/c1-6-7-8-9-10-23-49-34-21-17-29(18-22-34)32-25-41-36(42-26-32)30-13-11-28(12-14-30)24-35(38(46)43-27(2)39(47)48)44-37(45)31-15-19-33(20-16-31)40(3,4)5/h11-22,25-27,35,39,47-48H,6-10,23-24H2,1-5H3,(H,43,46)(H,44,45). The Labute approximate surface area is 290 Å². The average molecular weight is 667 g/mol. The lowest BCUT2D eigenvalue weighted by molar-refractivity contribution is -0.128. The molecule has 0 saturated carbocycles. The molecule has 3 aromatic carbocycles. The number of aromatic nitrogens is 2. The zero-order valence-corrected chi connectivity index (χ0v) is 29.3. The highest BCUT2D eigenvalue weighted by atomic mass is 16.5. The largest absolute Gasteiger partial charge is 0.494 e. The number of benzene rings is 3. The second-order valence-corrected chi connectivity index (χ2v) is 13.5. The highest BCUT2D eigenvalue weighted by Gasteiger charge is 2.25. The van der Waals surface area contributed by atoms with Crippen LogP contribution in [0.3, 0.4) is 0 Å². The Bertz CT molecular complexity index is 1610. The van der Waals surface area contributed by atoms with Crippen molar-refractivity contribution in [2.45, 2.75) is 96.9 Å². The molecule has 260 valence electrons. The lowest BCUT2D eigenvalue weighted by Gasteiger charge is -2.23. The van der Waals surface area contributed by atoms with E-state index in [-0.39, 0.29) is 11.8 Å². The van der Waals surface area contributed by atoms with E-state index in [1.54, 1.807) is 24.5 Å². The van der Waals surface area contributed by atoms with Crippen molar-refractivity contribution in [3.05, 3.63) is 102 Å². The number of unbranched alkanes of at least 4 members (excludes halogenated alkanes) is 4. The molecule has 2 unspecified atom stereocenters.